The zero-order valence-electron chi connectivity index (χ0n) is 10.6. The van der Waals surface area contributed by atoms with Gasteiger partial charge in [0.2, 0.25) is 0 Å². The fourth-order valence-corrected chi connectivity index (χ4v) is 1.91. The molecule has 0 saturated carbocycles. The van der Waals surface area contributed by atoms with Gasteiger partial charge in [-0.15, -0.1) is 0 Å². The second-order valence-corrected chi connectivity index (χ2v) is 4.30. The Balaban J connectivity index is 2.42. The van der Waals surface area contributed by atoms with Gasteiger partial charge in [0.15, 0.2) is 0 Å². The summed E-state index contributed by atoms with van der Waals surface area (Å²) < 4.78 is 0. The van der Waals surface area contributed by atoms with E-state index in [9.17, 15) is 0 Å². The molecule has 0 N–H and O–H groups in total. The molecule has 0 aliphatic rings. The van der Waals surface area contributed by atoms with E-state index in [1.54, 1.807) is 0 Å². The normalized spacial score (nSPS) is 11.6. The Morgan fingerprint density at radius 1 is 0.824 bits per heavy atom. The van der Waals surface area contributed by atoms with E-state index in [4.69, 9.17) is 4.99 Å². The number of hydrogen-bond donors (Lipinski definition) is 0. The average Bonchev–Trinajstić information content (AvgIpc) is 2.32. The minimum absolute atomic E-state index is 1.05. The summed E-state index contributed by atoms with van der Waals surface area (Å²) in [4.78, 5) is 4.71. The van der Waals surface area contributed by atoms with Crippen LogP contribution in [-0.4, -0.2) is 5.71 Å². The number of benzene rings is 2. The molecule has 1 heteroatoms. The van der Waals surface area contributed by atoms with E-state index < -0.39 is 0 Å². The monoisotopic (exact) mass is 223 g/mol. The van der Waals surface area contributed by atoms with Crippen LogP contribution in [0.1, 0.15) is 23.6 Å². The Morgan fingerprint density at radius 2 is 1.41 bits per heavy atom. The van der Waals surface area contributed by atoms with Crippen LogP contribution in [0.3, 0.4) is 0 Å². The van der Waals surface area contributed by atoms with Crippen LogP contribution >= 0.6 is 0 Å². The summed E-state index contributed by atoms with van der Waals surface area (Å²) in [6.07, 6.45) is 0. The Morgan fingerprint density at radius 3 is 2.06 bits per heavy atom. The summed E-state index contributed by atoms with van der Waals surface area (Å²) in [6, 6.07) is 16.5. The smallest absolute Gasteiger partial charge is 0.0662 e. The molecule has 2 aromatic rings. The molecule has 0 heterocycles. The quantitative estimate of drug-likeness (QED) is 0.667. The fraction of sp³-hybridized carbons (Fsp3) is 0.188. The third kappa shape index (κ3) is 2.62. The lowest BCUT2D eigenvalue weighted by Gasteiger charge is -2.06. The summed E-state index contributed by atoms with van der Waals surface area (Å²) in [6.45, 7) is 6.27. The van der Waals surface area contributed by atoms with Crippen LogP contribution in [0.4, 0.5) is 5.69 Å². The minimum atomic E-state index is 1.05. The van der Waals surface area contributed by atoms with Gasteiger partial charge in [-0.25, -0.2) is 0 Å². The lowest BCUT2D eigenvalue weighted by Crippen LogP contribution is -1.97. The SMILES string of the molecule is CC(=Nc1ccccc1C)c1ccccc1C. The molecule has 0 saturated heterocycles. The number of para-hydroxylation sites is 1. The van der Waals surface area contributed by atoms with Gasteiger partial charge in [0.05, 0.1) is 5.69 Å². The molecule has 0 unspecified atom stereocenters. The van der Waals surface area contributed by atoms with Crippen molar-refractivity contribution in [2.24, 2.45) is 4.99 Å². The van der Waals surface area contributed by atoms with E-state index in [1.807, 2.05) is 12.1 Å². The predicted octanol–water partition coefficient (Wildman–Crippen LogP) is 4.44. The van der Waals surface area contributed by atoms with Gasteiger partial charge < -0.3 is 0 Å². The maximum Gasteiger partial charge on any atom is 0.0662 e. The highest BCUT2D eigenvalue weighted by atomic mass is 14.7. The zero-order chi connectivity index (χ0) is 12.3. The van der Waals surface area contributed by atoms with E-state index in [0.717, 1.165) is 11.4 Å². The molecular weight excluding hydrogens is 206 g/mol. The van der Waals surface area contributed by atoms with Crippen molar-refractivity contribution in [1.82, 2.24) is 0 Å². The van der Waals surface area contributed by atoms with E-state index >= 15 is 0 Å². The van der Waals surface area contributed by atoms with Gasteiger partial charge in [-0.3, -0.25) is 4.99 Å². The Labute approximate surface area is 103 Å². The highest BCUT2D eigenvalue weighted by Gasteiger charge is 2.01. The highest BCUT2D eigenvalue weighted by Crippen LogP contribution is 2.19. The number of hydrogen-bond acceptors (Lipinski definition) is 1. The predicted molar refractivity (Wildman–Crippen MR) is 74.2 cm³/mol. The highest BCUT2D eigenvalue weighted by molar-refractivity contribution is 6.01. The lowest BCUT2D eigenvalue weighted by atomic mass is 10.1. The van der Waals surface area contributed by atoms with Crippen LogP contribution in [-0.2, 0) is 0 Å². The molecule has 2 rings (SSSR count). The van der Waals surface area contributed by atoms with Crippen LogP contribution in [0.25, 0.3) is 0 Å². The maximum atomic E-state index is 4.71. The Hall–Kier alpha value is -1.89. The summed E-state index contributed by atoms with van der Waals surface area (Å²) in [5.74, 6) is 0. The molecule has 0 spiro atoms. The fourth-order valence-electron chi connectivity index (χ4n) is 1.91. The van der Waals surface area contributed by atoms with Crippen molar-refractivity contribution in [3.05, 3.63) is 65.2 Å². The molecule has 2 aromatic carbocycles. The van der Waals surface area contributed by atoms with Gasteiger partial charge in [0, 0.05) is 5.71 Å². The third-order valence-electron chi connectivity index (χ3n) is 2.94. The molecule has 0 aliphatic heterocycles. The van der Waals surface area contributed by atoms with E-state index in [2.05, 4.69) is 57.2 Å². The van der Waals surface area contributed by atoms with Crippen molar-refractivity contribution in [3.63, 3.8) is 0 Å². The van der Waals surface area contributed by atoms with Gasteiger partial charge in [0.25, 0.3) is 0 Å². The van der Waals surface area contributed by atoms with Crippen LogP contribution in [0.2, 0.25) is 0 Å². The molecule has 1 nitrogen and oxygen atoms in total. The van der Waals surface area contributed by atoms with Crippen LogP contribution in [0.15, 0.2) is 53.5 Å². The number of nitrogens with zero attached hydrogens (tertiary/aromatic N) is 1. The van der Waals surface area contributed by atoms with Crippen molar-refractivity contribution < 1.29 is 0 Å². The maximum absolute atomic E-state index is 4.71. The van der Waals surface area contributed by atoms with Crippen molar-refractivity contribution in [2.45, 2.75) is 20.8 Å². The number of aliphatic imine (C=N–C) groups is 1. The third-order valence-corrected chi connectivity index (χ3v) is 2.94. The number of rotatable bonds is 2. The van der Waals surface area contributed by atoms with Crippen LogP contribution < -0.4 is 0 Å². The molecule has 0 aromatic heterocycles. The average molecular weight is 223 g/mol. The second kappa shape index (κ2) is 4.96. The van der Waals surface area contributed by atoms with E-state index in [0.29, 0.717) is 0 Å². The first-order valence-electron chi connectivity index (χ1n) is 5.85. The van der Waals surface area contributed by atoms with Gasteiger partial charge in [0.1, 0.15) is 0 Å². The van der Waals surface area contributed by atoms with Gasteiger partial charge in [-0.1, -0.05) is 42.5 Å². The summed E-state index contributed by atoms with van der Waals surface area (Å²) >= 11 is 0. The molecule has 0 aliphatic carbocycles. The van der Waals surface area contributed by atoms with Crippen molar-refractivity contribution in [3.8, 4) is 0 Å². The summed E-state index contributed by atoms with van der Waals surface area (Å²) in [5, 5.41) is 0. The molecule has 0 fully saturated rings. The molecule has 86 valence electrons. The van der Waals surface area contributed by atoms with Crippen LogP contribution in [0, 0.1) is 13.8 Å². The largest absolute Gasteiger partial charge is 0.253 e. The van der Waals surface area contributed by atoms with Gasteiger partial charge in [-0.2, -0.15) is 0 Å². The van der Waals surface area contributed by atoms with Crippen molar-refractivity contribution in [2.75, 3.05) is 0 Å². The Bertz CT molecular complexity index is 553. The van der Waals surface area contributed by atoms with Gasteiger partial charge >= 0.3 is 0 Å². The molecule has 0 amide bonds. The molecule has 0 radical (unpaired) electrons. The first-order chi connectivity index (χ1) is 8.18. The first-order valence-corrected chi connectivity index (χ1v) is 5.85. The second-order valence-electron chi connectivity index (χ2n) is 4.30. The molecule has 17 heavy (non-hydrogen) atoms. The standard InChI is InChI=1S/C16H17N/c1-12-8-4-6-10-15(12)14(3)17-16-11-7-5-9-13(16)2/h4-11H,1-3H3. The van der Waals surface area contributed by atoms with E-state index in [1.165, 1.54) is 16.7 Å². The van der Waals surface area contributed by atoms with Gasteiger partial charge in [-0.05, 0) is 43.5 Å². The summed E-state index contributed by atoms with van der Waals surface area (Å²) in [5.41, 5.74) is 5.81. The lowest BCUT2D eigenvalue weighted by molar-refractivity contribution is 1.37. The minimum Gasteiger partial charge on any atom is -0.253 e. The first kappa shape index (κ1) is 11.6. The molecule has 0 atom stereocenters. The van der Waals surface area contributed by atoms with Crippen molar-refractivity contribution in [1.29, 1.82) is 0 Å². The van der Waals surface area contributed by atoms with Crippen LogP contribution in [0.5, 0.6) is 0 Å². The van der Waals surface area contributed by atoms with Crippen molar-refractivity contribution >= 4 is 11.4 Å². The molecular formula is C16H17N. The molecule has 0 bridgehead atoms. The van der Waals surface area contributed by atoms with E-state index in [-0.39, 0.29) is 0 Å². The number of aryl methyl sites for hydroxylation is 2. The zero-order valence-corrected chi connectivity index (χ0v) is 10.6. The topological polar surface area (TPSA) is 12.4 Å². The summed E-state index contributed by atoms with van der Waals surface area (Å²) in [7, 11) is 0. The Kier molecular flexibility index (Phi) is 3.38.